The van der Waals surface area contributed by atoms with Crippen LogP contribution in [0.25, 0.3) is 0 Å². The van der Waals surface area contributed by atoms with Crippen LogP contribution in [0.3, 0.4) is 0 Å². The van der Waals surface area contributed by atoms with Gasteiger partial charge in [-0.1, -0.05) is 41.9 Å². The van der Waals surface area contributed by atoms with Crippen LogP contribution in [0.15, 0.2) is 48.5 Å². The van der Waals surface area contributed by atoms with Crippen molar-refractivity contribution in [3.63, 3.8) is 0 Å². The van der Waals surface area contributed by atoms with Crippen molar-refractivity contribution in [3.8, 4) is 5.75 Å². The number of aliphatic hydroxyl groups excluding tert-OH is 1. The molecule has 29 heavy (non-hydrogen) atoms. The van der Waals surface area contributed by atoms with Crippen molar-refractivity contribution in [2.24, 2.45) is 0 Å². The Morgan fingerprint density at radius 1 is 1.07 bits per heavy atom. The summed E-state index contributed by atoms with van der Waals surface area (Å²) < 4.78 is 10.5. The number of hydrogen-bond donors (Lipinski definition) is 2. The number of carbonyl (C=O) groups excluding carboxylic acids is 2. The Kier molecular flexibility index (Phi) is 8.20. The zero-order valence-corrected chi connectivity index (χ0v) is 17.5. The Hall–Kier alpha value is -2.41. The van der Waals surface area contributed by atoms with E-state index in [4.69, 9.17) is 21.1 Å². The van der Waals surface area contributed by atoms with Crippen molar-refractivity contribution < 1.29 is 24.2 Å². The largest absolute Gasteiger partial charge is 0.459 e. The lowest BCUT2D eigenvalue weighted by atomic mass is 10.1. The summed E-state index contributed by atoms with van der Waals surface area (Å²) in [6.07, 6.45) is -0.746. The van der Waals surface area contributed by atoms with E-state index in [1.165, 1.54) is 0 Å². The van der Waals surface area contributed by atoms with Gasteiger partial charge in [-0.05, 0) is 50.1 Å². The van der Waals surface area contributed by atoms with E-state index >= 15 is 0 Å². The summed E-state index contributed by atoms with van der Waals surface area (Å²) in [6, 6.07) is 13.6. The molecule has 2 N–H and O–H groups in total. The molecule has 7 heteroatoms. The molecule has 2 aromatic carbocycles. The van der Waals surface area contributed by atoms with Gasteiger partial charge in [0.1, 0.15) is 11.4 Å². The topological polar surface area (TPSA) is 84.9 Å². The van der Waals surface area contributed by atoms with E-state index in [1.54, 1.807) is 63.2 Å². The van der Waals surface area contributed by atoms with Crippen molar-refractivity contribution in [1.82, 2.24) is 5.32 Å². The molecule has 2 aromatic rings. The molecule has 0 heterocycles. The third-order valence-corrected chi connectivity index (χ3v) is 4.18. The predicted molar refractivity (Wildman–Crippen MR) is 111 cm³/mol. The van der Waals surface area contributed by atoms with Crippen LogP contribution in [-0.2, 0) is 20.7 Å². The van der Waals surface area contributed by atoms with Gasteiger partial charge in [-0.25, -0.2) is 0 Å². The number of benzene rings is 2. The number of halogens is 1. The van der Waals surface area contributed by atoms with Gasteiger partial charge in [0.25, 0.3) is 0 Å². The van der Waals surface area contributed by atoms with Gasteiger partial charge in [-0.3, -0.25) is 9.59 Å². The van der Waals surface area contributed by atoms with Crippen LogP contribution < -0.4 is 10.1 Å². The monoisotopic (exact) mass is 419 g/mol. The number of rotatable bonds is 8. The molecule has 0 aliphatic carbocycles. The van der Waals surface area contributed by atoms with Gasteiger partial charge >= 0.3 is 11.9 Å². The minimum atomic E-state index is -0.815. The highest BCUT2D eigenvalue weighted by Crippen LogP contribution is 2.20. The van der Waals surface area contributed by atoms with Gasteiger partial charge < -0.3 is 19.9 Å². The molecule has 0 spiro atoms. The molecule has 0 aliphatic heterocycles. The van der Waals surface area contributed by atoms with E-state index in [-0.39, 0.29) is 25.5 Å². The lowest BCUT2D eigenvalue weighted by molar-refractivity contribution is -0.153. The van der Waals surface area contributed by atoms with E-state index in [0.29, 0.717) is 21.9 Å². The molecular formula is C22H26ClNO5. The fourth-order valence-electron chi connectivity index (χ4n) is 2.53. The van der Waals surface area contributed by atoms with Gasteiger partial charge in [0.2, 0.25) is 0 Å². The maximum Gasteiger partial charge on any atom is 0.320 e. The molecule has 1 atom stereocenters. The predicted octanol–water partition coefficient (Wildman–Crippen LogP) is 3.45. The molecule has 0 aliphatic rings. The summed E-state index contributed by atoms with van der Waals surface area (Å²) in [5.41, 5.74) is 0.783. The number of hydrogen-bond acceptors (Lipinski definition) is 6. The maximum absolute atomic E-state index is 12.1. The van der Waals surface area contributed by atoms with Gasteiger partial charge in [0.15, 0.2) is 0 Å². The highest BCUT2D eigenvalue weighted by molar-refractivity contribution is 6.31. The SMILES string of the molecule is CC(C)(C)OC(=O)CNCC(O)c1ccc(OC(=O)Cc2ccccc2Cl)cc1. The first kappa shape index (κ1) is 22.9. The summed E-state index contributed by atoms with van der Waals surface area (Å²) in [5.74, 6) is -0.435. The van der Waals surface area contributed by atoms with Gasteiger partial charge in [-0.15, -0.1) is 0 Å². The Balaban J connectivity index is 1.80. The second kappa shape index (κ2) is 10.4. The molecule has 0 aromatic heterocycles. The van der Waals surface area contributed by atoms with Crippen LogP contribution in [0.1, 0.15) is 38.0 Å². The Morgan fingerprint density at radius 3 is 2.34 bits per heavy atom. The minimum Gasteiger partial charge on any atom is -0.459 e. The number of esters is 2. The van der Waals surface area contributed by atoms with Gasteiger partial charge in [-0.2, -0.15) is 0 Å². The fourth-order valence-corrected chi connectivity index (χ4v) is 2.73. The molecule has 0 amide bonds. The van der Waals surface area contributed by atoms with E-state index in [0.717, 1.165) is 0 Å². The van der Waals surface area contributed by atoms with Crippen molar-refractivity contribution in [2.45, 2.75) is 38.9 Å². The zero-order valence-electron chi connectivity index (χ0n) is 16.8. The molecule has 6 nitrogen and oxygen atoms in total. The van der Waals surface area contributed by atoms with E-state index in [2.05, 4.69) is 5.32 Å². The molecule has 156 valence electrons. The van der Waals surface area contributed by atoms with E-state index < -0.39 is 17.7 Å². The quantitative estimate of drug-likeness (QED) is 0.503. The molecular weight excluding hydrogens is 394 g/mol. The molecule has 0 radical (unpaired) electrons. The first-order valence-corrected chi connectivity index (χ1v) is 9.66. The van der Waals surface area contributed by atoms with E-state index in [1.807, 2.05) is 6.07 Å². The Bertz CT molecular complexity index is 830. The number of aliphatic hydroxyl groups is 1. The zero-order chi connectivity index (χ0) is 21.4. The lowest BCUT2D eigenvalue weighted by Gasteiger charge is -2.20. The highest BCUT2D eigenvalue weighted by Gasteiger charge is 2.16. The molecule has 0 fully saturated rings. The van der Waals surface area contributed by atoms with Crippen LogP contribution in [-0.4, -0.2) is 35.7 Å². The number of carbonyl (C=O) groups is 2. The van der Waals surface area contributed by atoms with Crippen molar-refractivity contribution >= 4 is 23.5 Å². The second-order valence-corrected chi connectivity index (χ2v) is 7.95. The van der Waals surface area contributed by atoms with Crippen LogP contribution in [0.4, 0.5) is 0 Å². The minimum absolute atomic E-state index is 0.00602. The average Bonchev–Trinajstić information content (AvgIpc) is 2.62. The lowest BCUT2D eigenvalue weighted by Crippen LogP contribution is -2.33. The smallest absolute Gasteiger partial charge is 0.320 e. The summed E-state index contributed by atoms with van der Waals surface area (Å²) in [5, 5.41) is 13.6. The molecule has 0 saturated heterocycles. The Morgan fingerprint density at radius 2 is 1.72 bits per heavy atom. The molecule has 0 saturated carbocycles. The van der Waals surface area contributed by atoms with Crippen LogP contribution in [0, 0.1) is 0 Å². The molecule has 1 unspecified atom stereocenters. The van der Waals surface area contributed by atoms with Crippen molar-refractivity contribution in [2.75, 3.05) is 13.1 Å². The van der Waals surface area contributed by atoms with Crippen LogP contribution >= 0.6 is 11.6 Å². The summed E-state index contributed by atoms with van der Waals surface area (Å²) >= 11 is 6.05. The van der Waals surface area contributed by atoms with Crippen LogP contribution in [0.5, 0.6) is 5.75 Å². The summed E-state index contributed by atoms with van der Waals surface area (Å²) in [7, 11) is 0. The fraction of sp³-hybridized carbons (Fsp3) is 0.364. The van der Waals surface area contributed by atoms with Crippen LogP contribution in [0.2, 0.25) is 5.02 Å². The molecule has 2 rings (SSSR count). The third-order valence-electron chi connectivity index (χ3n) is 3.82. The van der Waals surface area contributed by atoms with E-state index in [9.17, 15) is 14.7 Å². The third kappa shape index (κ3) is 8.23. The van der Waals surface area contributed by atoms with Crippen molar-refractivity contribution in [1.29, 1.82) is 0 Å². The van der Waals surface area contributed by atoms with Gasteiger partial charge in [0.05, 0.1) is 19.1 Å². The summed E-state index contributed by atoms with van der Waals surface area (Å²) in [4.78, 5) is 23.7. The highest BCUT2D eigenvalue weighted by atomic mass is 35.5. The first-order chi connectivity index (χ1) is 13.6. The van der Waals surface area contributed by atoms with Crippen molar-refractivity contribution in [3.05, 3.63) is 64.7 Å². The molecule has 0 bridgehead atoms. The number of ether oxygens (including phenoxy) is 2. The average molecular weight is 420 g/mol. The number of nitrogens with one attached hydrogen (secondary N) is 1. The van der Waals surface area contributed by atoms with Gasteiger partial charge in [0, 0.05) is 11.6 Å². The summed E-state index contributed by atoms with van der Waals surface area (Å²) in [6.45, 7) is 5.57. The normalized spacial score (nSPS) is 12.3. The Labute approximate surface area is 175 Å². The maximum atomic E-state index is 12.1. The second-order valence-electron chi connectivity index (χ2n) is 7.54. The first-order valence-electron chi connectivity index (χ1n) is 9.29. The standard InChI is InChI=1S/C22H26ClNO5/c1-22(2,3)29-21(27)14-24-13-19(25)15-8-10-17(11-9-15)28-20(26)12-16-6-4-5-7-18(16)23/h4-11,19,24-25H,12-14H2,1-3H3.